The number of nitrogens with zero attached hydrogens (tertiary/aromatic N) is 1. The van der Waals surface area contributed by atoms with Crippen LogP contribution < -0.4 is 0 Å². The number of aliphatic hydroxyl groups is 1. The summed E-state index contributed by atoms with van der Waals surface area (Å²) in [7, 11) is 0. The summed E-state index contributed by atoms with van der Waals surface area (Å²) in [5, 5.41) is 8.92. The minimum absolute atomic E-state index is 0.275. The van der Waals surface area contributed by atoms with Crippen molar-refractivity contribution in [1.29, 1.82) is 0 Å². The van der Waals surface area contributed by atoms with Gasteiger partial charge in [-0.1, -0.05) is 0 Å². The third kappa shape index (κ3) is 2.33. The van der Waals surface area contributed by atoms with Gasteiger partial charge in [-0.25, -0.2) is 0 Å². The van der Waals surface area contributed by atoms with Crippen molar-refractivity contribution in [3.63, 3.8) is 0 Å². The Kier molecular flexibility index (Phi) is 2.49. The third-order valence-electron chi connectivity index (χ3n) is 1.57. The van der Waals surface area contributed by atoms with Crippen LogP contribution in [0.2, 0.25) is 0 Å². The largest absolute Gasteiger partial charge is 0.392 e. The minimum Gasteiger partial charge on any atom is -0.392 e. The van der Waals surface area contributed by atoms with Crippen molar-refractivity contribution in [3.8, 4) is 0 Å². The minimum atomic E-state index is -0.275. The molecule has 1 aliphatic heterocycles. The van der Waals surface area contributed by atoms with Crippen LogP contribution in [0.4, 0.5) is 0 Å². The fourth-order valence-electron chi connectivity index (χ4n) is 1.20. The first kappa shape index (κ1) is 7.03. The molecule has 0 aromatic carbocycles. The molecule has 1 saturated heterocycles. The highest BCUT2D eigenvalue weighted by Crippen LogP contribution is 2.09. The van der Waals surface area contributed by atoms with Gasteiger partial charge in [-0.2, -0.15) is 0 Å². The van der Waals surface area contributed by atoms with E-state index in [9.17, 15) is 0 Å². The third-order valence-corrected chi connectivity index (χ3v) is 1.57. The zero-order chi connectivity index (χ0) is 6.69. The van der Waals surface area contributed by atoms with Gasteiger partial charge in [0, 0.05) is 0 Å². The Morgan fingerprint density at radius 1 is 1.44 bits per heavy atom. The summed E-state index contributed by atoms with van der Waals surface area (Å²) in [5.41, 5.74) is 0. The monoisotopic (exact) mass is 128 g/mol. The highest BCUT2D eigenvalue weighted by molar-refractivity contribution is 4.77. The molecule has 1 fully saturated rings. The fraction of sp³-hybridized carbons (Fsp3) is 0.857. The molecule has 9 heavy (non-hydrogen) atoms. The van der Waals surface area contributed by atoms with Crippen molar-refractivity contribution in [2.45, 2.75) is 25.9 Å². The molecule has 1 radical (unpaired) electrons. The molecule has 0 aromatic heterocycles. The van der Waals surface area contributed by atoms with E-state index in [4.69, 9.17) is 5.11 Å². The van der Waals surface area contributed by atoms with Gasteiger partial charge in [0.25, 0.3) is 0 Å². The van der Waals surface area contributed by atoms with Crippen molar-refractivity contribution in [2.75, 3.05) is 13.1 Å². The Bertz CT molecular complexity index is 77.0. The molecule has 0 saturated carbocycles. The zero-order valence-corrected chi connectivity index (χ0v) is 5.88. The molecule has 0 bridgehead atoms. The van der Waals surface area contributed by atoms with Gasteiger partial charge in [0.15, 0.2) is 0 Å². The van der Waals surface area contributed by atoms with E-state index in [-0.39, 0.29) is 6.10 Å². The van der Waals surface area contributed by atoms with Crippen molar-refractivity contribution in [3.05, 3.63) is 6.54 Å². The average Bonchev–Trinajstić information content (AvgIpc) is 2.15. The van der Waals surface area contributed by atoms with Gasteiger partial charge >= 0.3 is 0 Å². The zero-order valence-electron chi connectivity index (χ0n) is 5.88. The normalized spacial score (nSPS) is 24.7. The van der Waals surface area contributed by atoms with Crippen molar-refractivity contribution in [2.24, 2.45) is 0 Å². The predicted molar refractivity (Wildman–Crippen MR) is 36.8 cm³/mol. The molecular formula is C7H14NO. The predicted octanol–water partition coefficient (Wildman–Crippen LogP) is 0.625. The first-order valence-electron chi connectivity index (χ1n) is 3.56. The summed E-state index contributed by atoms with van der Waals surface area (Å²) in [6.45, 7) is 5.95. The number of hydrogen-bond donors (Lipinski definition) is 1. The Morgan fingerprint density at radius 3 is 2.44 bits per heavy atom. The standard InChI is InChI=1S/C7H14NO/c1-7(9)6-8-4-2-3-5-8/h6-7,9H,2-5H2,1H3/t7-/m1/s1. The molecule has 2 nitrogen and oxygen atoms in total. The van der Waals surface area contributed by atoms with E-state index in [2.05, 4.69) is 4.90 Å². The summed E-state index contributed by atoms with van der Waals surface area (Å²) < 4.78 is 0. The Morgan fingerprint density at radius 2 is 2.00 bits per heavy atom. The summed E-state index contributed by atoms with van der Waals surface area (Å²) in [6.07, 6.45) is 2.29. The van der Waals surface area contributed by atoms with Gasteiger partial charge in [0.1, 0.15) is 0 Å². The van der Waals surface area contributed by atoms with Gasteiger partial charge in [-0.05, 0) is 32.9 Å². The van der Waals surface area contributed by atoms with Crippen LogP contribution in [0.1, 0.15) is 19.8 Å². The smallest absolute Gasteiger partial charge is 0.0683 e. The molecule has 53 valence electrons. The second-order valence-corrected chi connectivity index (χ2v) is 2.63. The van der Waals surface area contributed by atoms with E-state index in [0.29, 0.717) is 0 Å². The molecule has 1 atom stereocenters. The van der Waals surface area contributed by atoms with E-state index in [1.807, 2.05) is 6.54 Å². The Hall–Kier alpha value is -0.0800. The molecule has 1 heterocycles. The van der Waals surface area contributed by atoms with Gasteiger partial charge < -0.3 is 5.11 Å². The molecule has 0 spiro atoms. The quantitative estimate of drug-likeness (QED) is 0.589. The van der Waals surface area contributed by atoms with Crippen LogP contribution in [-0.2, 0) is 0 Å². The number of aliphatic hydroxyl groups excluding tert-OH is 1. The second-order valence-electron chi connectivity index (χ2n) is 2.63. The van der Waals surface area contributed by atoms with Gasteiger partial charge in [-0.15, -0.1) is 0 Å². The van der Waals surface area contributed by atoms with Crippen molar-refractivity contribution < 1.29 is 5.11 Å². The molecule has 1 aliphatic rings. The van der Waals surface area contributed by atoms with Crippen LogP contribution in [0.15, 0.2) is 0 Å². The SMILES string of the molecule is C[C@@H](O)[CH]N1CCCC1. The highest BCUT2D eigenvalue weighted by Gasteiger charge is 2.12. The molecule has 0 unspecified atom stereocenters. The van der Waals surface area contributed by atoms with Gasteiger partial charge in [0.05, 0.1) is 12.6 Å². The van der Waals surface area contributed by atoms with E-state index < -0.39 is 0 Å². The molecule has 0 aliphatic carbocycles. The second kappa shape index (κ2) is 3.18. The number of hydrogen-bond acceptors (Lipinski definition) is 2. The van der Waals surface area contributed by atoms with Crippen LogP contribution in [0.5, 0.6) is 0 Å². The maximum Gasteiger partial charge on any atom is 0.0683 e. The number of rotatable bonds is 2. The van der Waals surface area contributed by atoms with E-state index >= 15 is 0 Å². The fourth-order valence-corrected chi connectivity index (χ4v) is 1.20. The van der Waals surface area contributed by atoms with Crippen molar-refractivity contribution in [1.82, 2.24) is 4.90 Å². The summed E-state index contributed by atoms with van der Waals surface area (Å²) in [4.78, 5) is 2.19. The lowest BCUT2D eigenvalue weighted by atomic mass is 10.4. The maximum absolute atomic E-state index is 8.92. The Balaban J connectivity index is 2.11. The maximum atomic E-state index is 8.92. The molecule has 0 aromatic rings. The topological polar surface area (TPSA) is 23.5 Å². The first-order valence-corrected chi connectivity index (χ1v) is 3.56. The first-order chi connectivity index (χ1) is 4.29. The summed E-state index contributed by atoms with van der Waals surface area (Å²) in [5.74, 6) is 0. The van der Waals surface area contributed by atoms with E-state index in [1.54, 1.807) is 6.92 Å². The lowest BCUT2D eigenvalue weighted by Crippen LogP contribution is -2.22. The highest BCUT2D eigenvalue weighted by atomic mass is 16.3. The average molecular weight is 128 g/mol. The van der Waals surface area contributed by atoms with Crippen LogP contribution >= 0.6 is 0 Å². The molecule has 0 amide bonds. The summed E-state index contributed by atoms with van der Waals surface area (Å²) >= 11 is 0. The van der Waals surface area contributed by atoms with Crippen LogP contribution in [-0.4, -0.2) is 29.2 Å². The van der Waals surface area contributed by atoms with Crippen molar-refractivity contribution >= 4 is 0 Å². The molecule has 1 N–H and O–H groups in total. The van der Waals surface area contributed by atoms with Crippen LogP contribution in [0.25, 0.3) is 0 Å². The lowest BCUT2D eigenvalue weighted by Gasteiger charge is -2.14. The van der Waals surface area contributed by atoms with Gasteiger partial charge in [-0.3, -0.25) is 4.90 Å². The lowest BCUT2D eigenvalue weighted by molar-refractivity contribution is 0.182. The Labute approximate surface area is 56.5 Å². The molecule has 1 rings (SSSR count). The molecular weight excluding hydrogens is 114 g/mol. The molecule has 2 heteroatoms. The van der Waals surface area contributed by atoms with Crippen LogP contribution in [0.3, 0.4) is 0 Å². The van der Waals surface area contributed by atoms with E-state index in [1.165, 1.54) is 12.8 Å². The van der Waals surface area contributed by atoms with Gasteiger partial charge in [0.2, 0.25) is 0 Å². The summed E-state index contributed by atoms with van der Waals surface area (Å²) in [6, 6.07) is 0. The van der Waals surface area contributed by atoms with E-state index in [0.717, 1.165) is 13.1 Å². The number of likely N-dealkylation sites (tertiary alicyclic amines) is 1. The van der Waals surface area contributed by atoms with Crippen LogP contribution in [0, 0.1) is 6.54 Å².